The number of hydrogen-bond donors (Lipinski definition) is 2. The van der Waals surface area contributed by atoms with Crippen molar-refractivity contribution in [3.63, 3.8) is 0 Å². The van der Waals surface area contributed by atoms with Crippen molar-refractivity contribution in [2.24, 2.45) is 11.7 Å². The Morgan fingerprint density at radius 1 is 1.42 bits per heavy atom. The second-order valence-electron chi connectivity index (χ2n) is 5.75. The number of nitrogens with two attached hydrogens (primary N) is 1. The number of amides is 1. The molecular weight excluding hydrogens is 260 g/mol. The molecule has 1 aromatic carbocycles. The van der Waals surface area contributed by atoms with Gasteiger partial charge in [-0.15, -0.1) is 0 Å². The van der Waals surface area contributed by atoms with Crippen molar-refractivity contribution in [2.75, 3.05) is 6.54 Å². The SMILES string of the molecule is CC(C)[C@H](N)C(=O)NCC1(c2ccccc2Cl)CC1. The van der Waals surface area contributed by atoms with Crippen molar-refractivity contribution in [1.82, 2.24) is 5.32 Å². The summed E-state index contributed by atoms with van der Waals surface area (Å²) in [6, 6.07) is 7.42. The fourth-order valence-electron chi connectivity index (χ4n) is 2.26. The third kappa shape index (κ3) is 3.10. The molecule has 4 heteroatoms. The maximum Gasteiger partial charge on any atom is 0.237 e. The van der Waals surface area contributed by atoms with Crippen LogP contribution in [0.25, 0.3) is 0 Å². The zero-order valence-corrected chi connectivity index (χ0v) is 12.2. The molecule has 3 N–H and O–H groups in total. The molecule has 1 amide bonds. The highest BCUT2D eigenvalue weighted by molar-refractivity contribution is 6.31. The van der Waals surface area contributed by atoms with Gasteiger partial charge in [0.05, 0.1) is 6.04 Å². The summed E-state index contributed by atoms with van der Waals surface area (Å²) in [6.07, 6.45) is 2.13. The van der Waals surface area contributed by atoms with E-state index < -0.39 is 6.04 Å². The van der Waals surface area contributed by atoms with Crippen LogP contribution >= 0.6 is 11.6 Å². The molecule has 2 rings (SSSR count). The summed E-state index contributed by atoms with van der Waals surface area (Å²) in [4.78, 5) is 11.9. The van der Waals surface area contributed by atoms with Crippen LogP contribution in [0.4, 0.5) is 0 Å². The van der Waals surface area contributed by atoms with E-state index in [1.165, 1.54) is 0 Å². The van der Waals surface area contributed by atoms with Crippen molar-refractivity contribution in [1.29, 1.82) is 0 Å². The standard InChI is InChI=1S/C15H21ClN2O/c1-10(2)13(17)14(19)18-9-15(7-8-15)11-5-3-4-6-12(11)16/h3-6,10,13H,7-9,17H2,1-2H3,(H,18,19)/t13-/m0/s1. The highest BCUT2D eigenvalue weighted by atomic mass is 35.5. The van der Waals surface area contributed by atoms with Crippen molar-refractivity contribution >= 4 is 17.5 Å². The van der Waals surface area contributed by atoms with Gasteiger partial charge in [0, 0.05) is 17.0 Å². The number of halogens is 1. The molecule has 3 nitrogen and oxygen atoms in total. The van der Waals surface area contributed by atoms with E-state index in [0.717, 1.165) is 23.4 Å². The summed E-state index contributed by atoms with van der Waals surface area (Å²) in [5.41, 5.74) is 6.99. The fourth-order valence-corrected chi connectivity index (χ4v) is 2.60. The van der Waals surface area contributed by atoms with Crippen LogP contribution in [0.3, 0.4) is 0 Å². The molecule has 19 heavy (non-hydrogen) atoms. The molecule has 1 saturated carbocycles. The first kappa shape index (κ1) is 14.4. The molecule has 1 aliphatic carbocycles. The lowest BCUT2D eigenvalue weighted by Gasteiger charge is -2.21. The highest BCUT2D eigenvalue weighted by Crippen LogP contribution is 2.49. The van der Waals surface area contributed by atoms with Crippen LogP contribution in [-0.2, 0) is 10.2 Å². The quantitative estimate of drug-likeness (QED) is 0.871. The van der Waals surface area contributed by atoms with Gasteiger partial charge in [0.15, 0.2) is 0 Å². The normalized spacial score (nSPS) is 18.2. The number of hydrogen-bond acceptors (Lipinski definition) is 2. The first-order valence-corrected chi connectivity index (χ1v) is 7.12. The van der Waals surface area contributed by atoms with Gasteiger partial charge < -0.3 is 11.1 Å². The second kappa shape index (κ2) is 5.51. The van der Waals surface area contributed by atoms with Crippen molar-refractivity contribution < 1.29 is 4.79 Å². The van der Waals surface area contributed by atoms with Crippen LogP contribution in [0.2, 0.25) is 5.02 Å². The van der Waals surface area contributed by atoms with Crippen molar-refractivity contribution in [3.8, 4) is 0 Å². The fraction of sp³-hybridized carbons (Fsp3) is 0.533. The Balaban J connectivity index is 2.00. The van der Waals surface area contributed by atoms with Gasteiger partial charge in [-0.2, -0.15) is 0 Å². The molecule has 0 heterocycles. The van der Waals surface area contributed by atoms with E-state index in [0.29, 0.717) is 6.54 Å². The zero-order chi connectivity index (χ0) is 14.0. The molecule has 0 aromatic heterocycles. The molecule has 0 spiro atoms. The van der Waals surface area contributed by atoms with E-state index >= 15 is 0 Å². The molecule has 1 aliphatic rings. The Bertz CT molecular complexity index is 469. The Kier molecular flexibility index (Phi) is 4.16. The molecule has 0 radical (unpaired) electrons. The van der Waals surface area contributed by atoms with Gasteiger partial charge in [-0.3, -0.25) is 4.79 Å². The third-order valence-corrected chi connectivity index (χ3v) is 4.25. The smallest absolute Gasteiger partial charge is 0.237 e. The third-order valence-electron chi connectivity index (χ3n) is 3.92. The maximum atomic E-state index is 11.9. The number of rotatable bonds is 5. The van der Waals surface area contributed by atoms with Crippen LogP contribution in [-0.4, -0.2) is 18.5 Å². The van der Waals surface area contributed by atoms with Crippen LogP contribution < -0.4 is 11.1 Å². The van der Waals surface area contributed by atoms with Crippen LogP contribution in [0.15, 0.2) is 24.3 Å². The summed E-state index contributed by atoms with van der Waals surface area (Å²) >= 11 is 6.24. The van der Waals surface area contributed by atoms with E-state index in [-0.39, 0.29) is 17.2 Å². The Morgan fingerprint density at radius 3 is 2.58 bits per heavy atom. The Hall–Kier alpha value is -1.06. The molecule has 1 fully saturated rings. The van der Waals surface area contributed by atoms with Gasteiger partial charge in [-0.05, 0) is 30.4 Å². The van der Waals surface area contributed by atoms with Gasteiger partial charge in [0.25, 0.3) is 0 Å². The Labute approximate surface area is 119 Å². The first-order chi connectivity index (χ1) is 8.96. The minimum atomic E-state index is -0.443. The summed E-state index contributed by atoms with van der Waals surface area (Å²) in [6.45, 7) is 4.52. The largest absolute Gasteiger partial charge is 0.354 e. The second-order valence-corrected chi connectivity index (χ2v) is 6.15. The van der Waals surface area contributed by atoms with Crippen molar-refractivity contribution in [2.45, 2.75) is 38.1 Å². The number of carbonyl (C=O) groups excluding carboxylic acids is 1. The van der Waals surface area contributed by atoms with E-state index in [1.807, 2.05) is 38.1 Å². The van der Waals surface area contributed by atoms with Crippen molar-refractivity contribution in [3.05, 3.63) is 34.9 Å². The van der Waals surface area contributed by atoms with Crippen LogP contribution in [0.5, 0.6) is 0 Å². The molecular formula is C15H21ClN2O. The predicted octanol–water partition coefficient (Wildman–Crippen LogP) is 2.47. The summed E-state index contributed by atoms with van der Waals surface area (Å²) in [7, 11) is 0. The number of benzene rings is 1. The summed E-state index contributed by atoms with van der Waals surface area (Å²) in [5.74, 6) is 0.0730. The number of carbonyl (C=O) groups is 1. The average molecular weight is 281 g/mol. The maximum absolute atomic E-state index is 11.9. The van der Waals surface area contributed by atoms with Gasteiger partial charge in [-0.1, -0.05) is 43.6 Å². The molecule has 1 aromatic rings. The lowest BCUT2D eigenvalue weighted by atomic mass is 9.95. The zero-order valence-electron chi connectivity index (χ0n) is 11.4. The van der Waals surface area contributed by atoms with E-state index in [1.54, 1.807) is 0 Å². The van der Waals surface area contributed by atoms with E-state index in [9.17, 15) is 4.79 Å². The first-order valence-electron chi connectivity index (χ1n) is 6.74. The number of nitrogens with one attached hydrogen (secondary N) is 1. The lowest BCUT2D eigenvalue weighted by molar-refractivity contribution is -0.123. The predicted molar refractivity (Wildman–Crippen MR) is 78.2 cm³/mol. The topological polar surface area (TPSA) is 55.1 Å². The van der Waals surface area contributed by atoms with Gasteiger partial charge in [0.1, 0.15) is 0 Å². The molecule has 0 bridgehead atoms. The monoisotopic (exact) mass is 280 g/mol. The summed E-state index contributed by atoms with van der Waals surface area (Å²) in [5, 5.41) is 3.75. The minimum Gasteiger partial charge on any atom is -0.354 e. The lowest BCUT2D eigenvalue weighted by Crippen LogP contribution is -2.46. The minimum absolute atomic E-state index is 0.0186. The van der Waals surface area contributed by atoms with Crippen LogP contribution in [0.1, 0.15) is 32.3 Å². The average Bonchev–Trinajstić information content (AvgIpc) is 3.16. The van der Waals surface area contributed by atoms with Gasteiger partial charge in [0.2, 0.25) is 5.91 Å². The van der Waals surface area contributed by atoms with E-state index in [2.05, 4.69) is 5.32 Å². The molecule has 1 atom stereocenters. The summed E-state index contributed by atoms with van der Waals surface area (Å²) < 4.78 is 0. The molecule has 0 saturated heterocycles. The van der Waals surface area contributed by atoms with E-state index in [4.69, 9.17) is 17.3 Å². The highest BCUT2D eigenvalue weighted by Gasteiger charge is 2.45. The van der Waals surface area contributed by atoms with Gasteiger partial charge in [-0.25, -0.2) is 0 Å². The molecule has 104 valence electrons. The molecule has 0 unspecified atom stereocenters. The molecule has 0 aliphatic heterocycles. The van der Waals surface area contributed by atoms with Gasteiger partial charge >= 0.3 is 0 Å². The van der Waals surface area contributed by atoms with Crippen LogP contribution in [0, 0.1) is 5.92 Å². The Morgan fingerprint density at radius 2 is 2.05 bits per heavy atom.